The first kappa shape index (κ1) is 13.8. The number of carbonyl (C=O) groups is 1. The molecule has 0 amide bonds. The number of rotatable bonds is 4. The molecule has 1 aliphatic rings. The Hall–Kier alpha value is -1.66. The van der Waals surface area contributed by atoms with Crippen LogP contribution in [0.2, 0.25) is 0 Å². The van der Waals surface area contributed by atoms with Crippen LogP contribution >= 0.6 is 0 Å². The largest absolute Gasteiger partial charge is 0.464 e. The maximum absolute atomic E-state index is 10.9. The zero-order valence-electron chi connectivity index (χ0n) is 11.0. The fourth-order valence-electron chi connectivity index (χ4n) is 2.06. The van der Waals surface area contributed by atoms with E-state index in [2.05, 4.69) is 9.88 Å². The second-order valence-electron chi connectivity index (χ2n) is 4.58. The van der Waals surface area contributed by atoms with E-state index in [0.29, 0.717) is 32.1 Å². The zero-order chi connectivity index (χ0) is 13.7. The molecule has 1 aromatic rings. The van der Waals surface area contributed by atoms with Crippen molar-refractivity contribution < 1.29 is 14.3 Å². The number of nitrogens with two attached hydrogens (primary N) is 1. The fraction of sp³-hybridized carbons (Fsp3) is 0.538. The van der Waals surface area contributed by atoms with Gasteiger partial charge in [-0.15, -0.1) is 0 Å². The topological polar surface area (TPSA) is 77.7 Å². The molecule has 0 aromatic carbocycles. The van der Waals surface area contributed by atoms with E-state index < -0.39 is 0 Å². The molecule has 6 heteroatoms. The van der Waals surface area contributed by atoms with Crippen molar-refractivity contribution in [2.75, 3.05) is 32.1 Å². The molecule has 2 heterocycles. The first-order valence-corrected chi connectivity index (χ1v) is 6.30. The molecule has 1 atom stereocenters. The smallest absolute Gasteiger partial charge is 0.302 e. The molecular weight excluding hydrogens is 246 g/mol. The number of ether oxygens (including phenoxy) is 2. The second kappa shape index (κ2) is 6.49. The first-order chi connectivity index (χ1) is 9.16. The molecule has 2 N–H and O–H groups in total. The van der Waals surface area contributed by atoms with E-state index in [1.165, 1.54) is 6.92 Å². The van der Waals surface area contributed by atoms with Gasteiger partial charge in [0.1, 0.15) is 6.61 Å². The highest BCUT2D eigenvalue weighted by atomic mass is 16.5. The molecular formula is C13H19N3O3. The van der Waals surface area contributed by atoms with Crippen molar-refractivity contribution in [2.24, 2.45) is 0 Å². The van der Waals surface area contributed by atoms with Crippen LogP contribution in [0.5, 0.6) is 0 Å². The van der Waals surface area contributed by atoms with Crippen LogP contribution in [0.15, 0.2) is 18.5 Å². The molecule has 0 bridgehead atoms. The third-order valence-electron chi connectivity index (χ3n) is 3.15. The van der Waals surface area contributed by atoms with Crippen LogP contribution in [0.4, 0.5) is 5.69 Å². The van der Waals surface area contributed by atoms with Crippen LogP contribution in [-0.2, 0) is 20.8 Å². The standard InChI is InChI=1S/C13H19N3O3/c1-10(17)19-9-12-8-18-5-4-16(12)7-11-2-3-15-6-13(11)14/h2-3,6,12H,4-5,7-9,14H2,1H3. The van der Waals surface area contributed by atoms with E-state index in [1.54, 1.807) is 12.4 Å². The van der Waals surface area contributed by atoms with Crippen molar-refractivity contribution >= 4 is 11.7 Å². The van der Waals surface area contributed by atoms with Crippen molar-refractivity contribution in [1.29, 1.82) is 0 Å². The minimum absolute atomic E-state index is 0.0743. The van der Waals surface area contributed by atoms with Crippen molar-refractivity contribution in [3.63, 3.8) is 0 Å². The molecule has 1 fully saturated rings. The van der Waals surface area contributed by atoms with Gasteiger partial charge in [0, 0.05) is 26.2 Å². The fourth-order valence-corrected chi connectivity index (χ4v) is 2.06. The predicted octanol–water partition coefficient (Wildman–Crippen LogP) is 0.428. The normalized spacial score (nSPS) is 20.2. The Morgan fingerprint density at radius 3 is 3.26 bits per heavy atom. The quantitative estimate of drug-likeness (QED) is 0.795. The summed E-state index contributed by atoms with van der Waals surface area (Å²) in [6.45, 7) is 4.52. The summed E-state index contributed by atoms with van der Waals surface area (Å²) in [5.41, 5.74) is 7.61. The van der Waals surface area contributed by atoms with Gasteiger partial charge in [0.2, 0.25) is 0 Å². The molecule has 6 nitrogen and oxygen atoms in total. The Labute approximate surface area is 112 Å². The summed E-state index contributed by atoms with van der Waals surface area (Å²) < 4.78 is 10.5. The first-order valence-electron chi connectivity index (χ1n) is 6.30. The number of carbonyl (C=O) groups excluding carboxylic acids is 1. The third-order valence-corrected chi connectivity index (χ3v) is 3.15. The number of aromatic nitrogens is 1. The van der Waals surface area contributed by atoms with E-state index in [1.807, 2.05) is 6.07 Å². The van der Waals surface area contributed by atoms with Crippen molar-refractivity contribution in [1.82, 2.24) is 9.88 Å². The van der Waals surface area contributed by atoms with Gasteiger partial charge in [-0.25, -0.2) is 0 Å². The van der Waals surface area contributed by atoms with E-state index in [9.17, 15) is 4.79 Å². The molecule has 104 valence electrons. The highest BCUT2D eigenvalue weighted by molar-refractivity contribution is 5.65. The Kier molecular flexibility index (Phi) is 4.70. The van der Waals surface area contributed by atoms with Crippen molar-refractivity contribution in [2.45, 2.75) is 19.5 Å². The van der Waals surface area contributed by atoms with Gasteiger partial charge in [-0.2, -0.15) is 0 Å². The summed E-state index contributed by atoms with van der Waals surface area (Å²) in [5.74, 6) is -0.269. The van der Waals surface area contributed by atoms with Crippen molar-refractivity contribution in [3.8, 4) is 0 Å². The third kappa shape index (κ3) is 3.90. The van der Waals surface area contributed by atoms with Gasteiger partial charge in [-0.1, -0.05) is 0 Å². The molecule has 2 rings (SSSR count). The van der Waals surface area contributed by atoms with Crippen LogP contribution in [0.1, 0.15) is 12.5 Å². The van der Waals surface area contributed by atoms with Crippen LogP contribution in [-0.4, -0.2) is 48.3 Å². The van der Waals surface area contributed by atoms with Gasteiger partial charge < -0.3 is 15.2 Å². The van der Waals surface area contributed by atoms with Crippen LogP contribution in [0, 0.1) is 0 Å². The lowest BCUT2D eigenvalue weighted by atomic mass is 10.1. The lowest BCUT2D eigenvalue weighted by Crippen LogP contribution is -2.47. The second-order valence-corrected chi connectivity index (χ2v) is 4.58. The van der Waals surface area contributed by atoms with Crippen LogP contribution in [0.25, 0.3) is 0 Å². The van der Waals surface area contributed by atoms with E-state index in [0.717, 1.165) is 12.1 Å². The average Bonchev–Trinajstić information content (AvgIpc) is 2.40. The van der Waals surface area contributed by atoms with Gasteiger partial charge in [0.25, 0.3) is 0 Å². The Morgan fingerprint density at radius 2 is 2.53 bits per heavy atom. The molecule has 1 aliphatic heterocycles. The maximum Gasteiger partial charge on any atom is 0.302 e. The van der Waals surface area contributed by atoms with E-state index in [-0.39, 0.29) is 12.0 Å². The highest BCUT2D eigenvalue weighted by Crippen LogP contribution is 2.16. The number of nitrogens with zero attached hydrogens (tertiary/aromatic N) is 2. The summed E-state index contributed by atoms with van der Waals surface area (Å²) >= 11 is 0. The lowest BCUT2D eigenvalue weighted by molar-refractivity contribution is -0.145. The summed E-state index contributed by atoms with van der Waals surface area (Å²) in [5, 5.41) is 0. The Morgan fingerprint density at radius 1 is 1.68 bits per heavy atom. The number of pyridine rings is 1. The van der Waals surface area contributed by atoms with Crippen molar-refractivity contribution in [3.05, 3.63) is 24.0 Å². The van der Waals surface area contributed by atoms with Gasteiger partial charge >= 0.3 is 5.97 Å². The minimum atomic E-state index is -0.269. The number of hydrogen-bond donors (Lipinski definition) is 1. The summed E-state index contributed by atoms with van der Waals surface area (Å²) in [4.78, 5) is 17.1. The molecule has 1 unspecified atom stereocenters. The minimum Gasteiger partial charge on any atom is -0.464 e. The SMILES string of the molecule is CC(=O)OCC1COCCN1Cc1ccncc1N. The highest BCUT2D eigenvalue weighted by Gasteiger charge is 2.24. The summed E-state index contributed by atoms with van der Waals surface area (Å²) in [6.07, 6.45) is 3.38. The van der Waals surface area contributed by atoms with Gasteiger partial charge in [0.15, 0.2) is 0 Å². The summed E-state index contributed by atoms with van der Waals surface area (Å²) in [6, 6.07) is 1.98. The summed E-state index contributed by atoms with van der Waals surface area (Å²) in [7, 11) is 0. The number of anilines is 1. The average molecular weight is 265 g/mol. The number of esters is 1. The Balaban J connectivity index is 1.99. The molecule has 0 spiro atoms. The maximum atomic E-state index is 10.9. The van der Waals surface area contributed by atoms with E-state index in [4.69, 9.17) is 15.2 Å². The lowest BCUT2D eigenvalue weighted by Gasteiger charge is -2.35. The number of nitrogen functional groups attached to an aromatic ring is 1. The monoisotopic (exact) mass is 265 g/mol. The zero-order valence-corrected chi connectivity index (χ0v) is 11.0. The van der Waals surface area contributed by atoms with Gasteiger partial charge in [-0.05, 0) is 11.6 Å². The molecule has 0 aliphatic carbocycles. The van der Waals surface area contributed by atoms with E-state index >= 15 is 0 Å². The molecule has 0 saturated carbocycles. The van der Waals surface area contributed by atoms with Crippen LogP contribution < -0.4 is 5.73 Å². The van der Waals surface area contributed by atoms with Gasteiger partial charge in [0.05, 0.1) is 31.1 Å². The van der Waals surface area contributed by atoms with Gasteiger partial charge in [-0.3, -0.25) is 14.7 Å². The molecule has 1 aromatic heterocycles. The Bertz CT molecular complexity index is 439. The number of hydrogen-bond acceptors (Lipinski definition) is 6. The number of morpholine rings is 1. The molecule has 19 heavy (non-hydrogen) atoms. The van der Waals surface area contributed by atoms with Crippen LogP contribution in [0.3, 0.4) is 0 Å². The molecule has 0 radical (unpaired) electrons. The predicted molar refractivity (Wildman–Crippen MR) is 70.3 cm³/mol. The molecule has 1 saturated heterocycles.